The molecule has 2 aromatic carbocycles. The summed E-state index contributed by atoms with van der Waals surface area (Å²) in [5.74, 6) is -0.0312. The van der Waals surface area contributed by atoms with E-state index in [9.17, 15) is 4.79 Å². The molecule has 4 nitrogen and oxygen atoms in total. The van der Waals surface area contributed by atoms with Crippen LogP contribution in [0.5, 0.6) is 0 Å². The van der Waals surface area contributed by atoms with Crippen molar-refractivity contribution in [1.29, 1.82) is 0 Å². The number of anilines is 1. The summed E-state index contributed by atoms with van der Waals surface area (Å²) >= 11 is 0. The van der Waals surface area contributed by atoms with E-state index in [-0.39, 0.29) is 5.91 Å². The minimum absolute atomic E-state index is 0.0312. The van der Waals surface area contributed by atoms with Gasteiger partial charge in [-0.2, -0.15) is 5.10 Å². The molecule has 0 spiro atoms. The SMILES string of the molecule is Cc1ccc(Cn2nc(C)c(C(=O)N(C)c3ccccc3)c2C)cc1. The summed E-state index contributed by atoms with van der Waals surface area (Å²) < 4.78 is 1.91. The molecule has 0 fully saturated rings. The molecule has 1 amide bonds. The molecule has 4 heteroatoms. The van der Waals surface area contributed by atoms with Gasteiger partial charge in [0.15, 0.2) is 0 Å². The maximum atomic E-state index is 13.0. The molecule has 0 N–H and O–H groups in total. The average molecular weight is 333 g/mol. The number of amides is 1. The highest BCUT2D eigenvalue weighted by molar-refractivity contribution is 6.07. The van der Waals surface area contributed by atoms with Crippen LogP contribution in [0.3, 0.4) is 0 Å². The van der Waals surface area contributed by atoms with Crippen LogP contribution >= 0.6 is 0 Å². The standard InChI is InChI=1S/C21H23N3O/c1-15-10-12-18(13-11-15)14-24-17(3)20(16(2)22-24)21(25)23(4)19-8-6-5-7-9-19/h5-13H,14H2,1-4H3. The van der Waals surface area contributed by atoms with Crippen molar-refractivity contribution in [3.63, 3.8) is 0 Å². The van der Waals surface area contributed by atoms with E-state index in [2.05, 4.69) is 36.3 Å². The predicted octanol–water partition coefficient (Wildman–Crippen LogP) is 4.13. The van der Waals surface area contributed by atoms with Crippen LogP contribution in [0.4, 0.5) is 5.69 Å². The molecule has 0 bridgehead atoms. The number of hydrogen-bond donors (Lipinski definition) is 0. The van der Waals surface area contributed by atoms with Crippen LogP contribution in [-0.2, 0) is 6.54 Å². The number of benzene rings is 2. The Morgan fingerprint density at radius 3 is 2.28 bits per heavy atom. The monoisotopic (exact) mass is 333 g/mol. The summed E-state index contributed by atoms with van der Waals surface area (Å²) in [6, 6.07) is 18.1. The molecule has 0 aliphatic carbocycles. The molecule has 0 unspecified atom stereocenters. The van der Waals surface area contributed by atoms with Crippen LogP contribution in [0.25, 0.3) is 0 Å². The number of carbonyl (C=O) groups is 1. The number of aryl methyl sites for hydroxylation is 2. The Labute approximate surface area is 148 Å². The van der Waals surface area contributed by atoms with E-state index >= 15 is 0 Å². The zero-order chi connectivity index (χ0) is 18.0. The Morgan fingerprint density at radius 2 is 1.64 bits per heavy atom. The molecule has 0 atom stereocenters. The van der Waals surface area contributed by atoms with E-state index in [1.54, 1.807) is 11.9 Å². The van der Waals surface area contributed by atoms with Crippen molar-refractivity contribution < 1.29 is 4.79 Å². The largest absolute Gasteiger partial charge is 0.311 e. The first kappa shape index (κ1) is 17.0. The first-order valence-corrected chi connectivity index (χ1v) is 8.40. The molecule has 1 aromatic heterocycles. The Balaban J connectivity index is 1.89. The van der Waals surface area contributed by atoms with Gasteiger partial charge in [0.25, 0.3) is 5.91 Å². The summed E-state index contributed by atoms with van der Waals surface area (Å²) in [5.41, 5.74) is 5.61. The first-order valence-electron chi connectivity index (χ1n) is 8.40. The summed E-state index contributed by atoms with van der Waals surface area (Å²) in [6.07, 6.45) is 0. The van der Waals surface area contributed by atoms with Crippen LogP contribution in [0.15, 0.2) is 54.6 Å². The van der Waals surface area contributed by atoms with Gasteiger partial charge in [-0.1, -0.05) is 48.0 Å². The average Bonchev–Trinajstić information content (AvgIpc) is 2.90. The molecule has 1 heterocycles. The zero-order valence-corrected chi connectivity index (χ0v) is 15.2. The van der Waals surface area contributed by atoms with Gasteiger partial charge in [0.05, 0.1) is 17.8 Å². The van der Waals surface area contributed by atoms with Gasteiger partial charge in [-0.15, -0.1) is 0 Å². The molecule has 3 rings (SSSR count). The van der Waals surface area contributed by atoms with Gasteiger partial charge in [-0.05, 0) is 38.5 Å². The van der Waals surface area contributed by atoms with Gasteiger partial charge in [0.2, 0.25) is 0 Å². The van der Waals surface area contributed by atoms with Crippen LogP contribution in [0.1, 0.15) is 32.9 Å². The smallest absolute Gasteiger partial charge is 0.261 e. The summed E-state index contributed by atoms with van der Waals surface area (Å²) in [6.45, 7) is 6.59. The third-order valence-electron chi connectivity index (χ3n) is 4.50. The van der Waals surface area contributed by atoms with E-state index in [0.29, 0.717) is 12.1 Å². The fraction of sp³-hybridized carbons (Fsp3) is 0.238. The van der Waals surface area contributed by atoms with Gasteiger partial charge in [0.1, 0.15) is 0 Å². The summed E-state index contributed by atoms with van der Waals surface area (Å²) in [4.78, 5) is 14.6. The van der Waals surface area contributed by atoms with Crippen molar-refractivity contribution in [1.82, 2.24) is 9.78 Å². The van der Waals surface area contributed by atoms with Crippen LogP contribution < -0.4 is 4.90 Å². The Bertz CT molecular complexity index is 880. The van der Waals surface area contributed by atoms with Gasteiger partial charge >= 0.3 is 0 Å². The van der Waals surface area contributed by atoms with Crippen molar-refractivity contribution in [3.05, 3.63) is 82.7 Å². The molecule has 0 saturated heterocycles. The van der Waals surface area contributed by atoms with Crippen LogP contribution in [0.2, 0.25) is 0 Å². The van der Waals surface area contributed by atoms with Crippen molar-refractivity contribution >= 4 is 11.6 Å². The van der Waals surface area contributed by atoms with Crippen LogP contribution in [-0.4, -0.2) is 22.7 Å². The second-order valence-corrected chi connectivity index (χ2v) is 6.39. The highest BCUT2D eigenvalue weighted by atomic mass is 16.2. The summed E-state index contributed by atoms with van der Waals surface area (Å²) in [5, 5.41) is 4.59. The number of carbonyl (C=O) groups excluding carboxylic acids is 1. The molecule has 128 valence electrons. The van der Waals surface area contributed by atoms with Crippen molar-refractivity contribution in [2.45, 2.75) is 27.3 Å². The predicted molar refractivity (Wildman–Crippen MR) is 101 cm³/mol. The third-order valence-corrected chi connectivity index (χ3v) is 4.50. The molecular weight excluding hydrogens is 310 g/mol. The van der Waals surface area contributed by atoms with Crippen LogP contribution in [0, 0.1) is 20.8 Å². The van der Waals surface area contributed by atoms with E-state index < -0.39 is 0 Å². The number of hydrogen-bond acceptors (Lipinski definition) is 2. The maximum absolute atomic E-state index is 13.0. The number of rotatable bonds is 4. The van der Waals surface area contributed by atoms with Gasteiger partial charge in [0, 0.05) is 18.4 Å². The topological polar surface area (TPSA) is 38.1 Å². The fourth-order valence-electron chi connectivity index (χ4n) is 2.96. The molecule has 0 aliphatic heterocycles. The highest BCUT2D eigenvalue weighted by Crippen LogP contribution is 2.20. The molecule has 0 radical (unpaired) electrons. The number of aromatic nitrogens is 2. The van der Waals surface area contributed by atoms with Crippen molar-refractivity contribution in [2.24, 2.45) is 0 Å². The minimum atomic E-state index is -0.0312. The van der Waals surface area contributed by atoms with Gasteiger partial charge in [-0.25, -0.2) is 0 Å². The lowest BCUT2D eigenvalue weighted by Gasteiger charge is -2.17. The minimum Gasteiger partial charge on any atom is -0.311 e. The zero-order valence-electron chi connectivity index (χ0n) is 15.2. The Kier molecular flexibility index (Phi) is 4.70. The highest BCUT2D eigenvalue weighted by Gasteiger charge is 2.22. The third kappa shape index (κ3) is 3.48. The van der Waals surface area contributed by atoms with E-state index in [4.69, 9.17) is 0 Å². The second-order valence-electron chi connectivity index (χ2n) is 6.39. The lowest BCUT2D eigenvalue weighted by atomic mass is 10.1. The lowest BCUT2D eigenvalue weighted by Crippen LogP contribution is -2.27. The molecule has 25 heavy (non-hydrogen) atoms. The lowest BCUT2D eigenvalue weighted by molar-refractivity contribution is 0.0991. The number of para-hydroxylation sites is 1. The quantitative estimate of drug-likeness (QED) is 0.720. The first-order chi connectivity index (χ1) is 12.0. The summed E-state index contributed by atoms with van der Waals surface area (Å²) in [7, 11) is 1.80. The van der Waals surface area contributed by atoms with Crippen molar-refractivity contribution in [3.8, 4) is 0 Å². The fourth-order valence-corrected chi connectivity index (χ4v) is 2.96. The van der Waals surface area contributed by atoms with Crippen molar-refractivity contribution in [2.75, 3.05) is 11.9 Å². The molecule has 0 saturated carbocycles. The normalized spacial score (nSPS) is 10.7. The number of nitrogens with zero attached hydrogens (tertiary/aromatic N) is 3. The van der Waals surface area contributed by atoms with E-state index in [1.807, 2.05) is 48.9 Å². The van der Waals surface area contributed by atoms with E-state index in [0.717, 1.165) is 17.1 Å². The van der Waals surface area contributed by atoms with Gasteiger partial charge < -0.3 is 4.90 Å². The second kappa shape index (κ2) is 6.93. The van der Waals surface area contributed by atoms with E-state index in [1.165, 1.54) is 11.1 Å². The maximum Gasteiger partial charge on any atom is 0.261 e. The Hall–Kier alpha value is -2.88. The Morgan fingerprint density at radius 1 is 1.00 bits per heavy atom. The molecule has 3 aromatic rings. The molecule has 0 aliphatic rings. The molecular formula is C21H23N3O. The van der Waals surface area contributed by atoms with Gasteiger partial charge in [-0.3, -0.25) is 9.48 Å².